The Morgan fingerprint density at radius 2 is 1.44 bits per heavy atom. The maximum atomic E-state index is 3.49. The van der Waals surface area contributed by atoms with Crippen LogP contribution in [-0.4, -0.2) is 0 Å². The molecule has 80 valence electrons. The average molecular weight is 210 g/mol. The predicted octanol–water partition coefficient (Wildman–Crippen LogP) is 4.10. The van der Waals surface area contributed by atoms with E-state index in [1.807, 2.05) is 12.1 Å². The fourth-order valence-corrected chi connectivity index (χ4v) is 2.06. The van der Waals surface area contributed by atoms with E-state index in [0.29, 0.717) is 0 Å². The monoisotopic (exact) mass is 210 g/mol. The fourth-order valence-electron chi connectivity index (χ4n) is 2.06. The van der Waals surface area contributed by atoms with Gasteiger partial charge in [0.1, 0.15) is 0 Å². The highest BCUT2D eigenvalue weighted by Crippen LogP contribution is 2.40. The molecule has 2 N–H and O–H groups in total. The fraction of sp³-hybridized carbons (Fsp3) is 0.143. The second-order valence-corrected chi connectivity index (χ2v) is 4.23. The van der Waals surface area contributed by atoms with Crippen molar-refractivity contribution in [2.24, 2.45) is 0 Å². The van der Waals surface area contributed by atoms with E-state index in [9.17, 15) is 0 Å². The molecule has 0 aromatic heterocycles. The molecule has 2 aromatic carbocycles. The quantitative estimate of drug-likeness (QED) is 0.583. The number of aryl methyl sites for hydroxylation is 1. The van der Waals surface area contributed by atoms with Gasteiger partial charge in [-0.05, 0) is 43.2 Å². The van der Waals surface area contributed by atoms with Gasteiger partial charge >= 0.3 is 0 Å². The van der Waals surface area contributed by atoms with Gasteiger partial charge in [0.15, 0.2) is 0 Å². The van der Waals surface area contributed by atoms with E-state index in [0.717, 1.165) is 17.1 Å². The molecule has 0 saturated carbocycles. The number of benzene rings is 2. The van der Waals surface area contributed by atoms with E-state index in [-0.39, 0.29) is 0 Å². The summed E-state index contributed by atoms with van der Waals surface area (Å²) in [6.45, 7) is 4.29. The van der Waals surface area contributed by atoms with Crippen LogP contribution in [0.25, 0.3) is 0 Å². The van der Waals surface area contributed by atoms with Crippen LogP contribution in [0.3, 0.4) is 0 Å². The Labute approximate surface area is 95.3 Å². The van der Waals surface area contributed by atoms with Crippen LogP contribution in [0, 0.1) is 13.8 Å². The Balaban J connectivity index is 2.16. The summed E-state index contributed by atoms with van der Waals surface area (Å²) < 4.78 is 0. The second kappa shape index (κ2) is 3.27. The number of para-hydroxylation sites is 2. The van der Waals surface area contributed by atoms with E-state index in [1.165, 1.54) is 16.8 Å². The van der Waals surface area contributed by atoms with E-state index < -0.39 is 0 Å². The standard InChI is InChI=1S/C14H14N2/c1-9-7-8-13-14(10(9)2)16-12-6-4-3-5-11(12)15-13/h3-8,15-16H,1-2H3. The van der Waals surface area contributed by atoms with Crippen LogP contribution >= 0.6 is 0 Å². The third-order valence-electron chi connectivity index (χ3n) is 3.19. The highest BCUT2D eigenvalue weighted by Gasteiger charge is 2.15. The lowest BCUT2D eigenvalue weighted by Gasteiger charge is -2.25. The first kappa shape index (κ1) is 9.28. The number of hydrogen-bond acceptors (Lipinski definition) is 2. The Hall–Kier alpha value is -1.96. The normalized spacial score (nSPS) is 12.1. The van der Waals surface area contributed by atoms with E-state index in [2.05, 4.69) is 48.7 Å². The van der Waals surface area contributed by atoms with Crippen molar-refractivity contribution in [1.29, 1.82) is 0 Å². The first-order chi connectivity index (χ1) is 7.75. The SMILES string of the molecule is Cc1ccc2c(c1C)Nc1ccccc1N2. The van der Waals surface area contributed by atoms with Gasteiger partial charge in [0.25, 0.3) is 0 Å². The molecule has 1 aliphatic heterocycles. The largest absolute Gasteiger partial charge is 0.352 e. The summed E-state index contributed by atoms with van der Waals surface area (Å²) in [5, 5.41) is 6.93. The van der Waals surface area contributed by atoms with E-state index in [4.69, 9.17) is 0 Å². The molecule has 3 rings (SSSR count). The lowest BCUT2D eigenvalue weighted by atomic mass is 10.0. The molecule has 0 unspecified atom stereocenters. The summed E-state index contributed by atoms with van der Waals surface area (Å²) in [4.78, 5) is 0. The molecule has 16 heavy (non-hydrogen) atoms. The van der Waals surface area contributed by atoms with Gasteiger partial charge < -0.3 is 10.6 Å². The average Bonchev–Trinajstić information content (AvgIpc) is 2.32. The van der Waals surface area contributed by atoms with Crippen molar-refractivity contribution >= 4 is 22.7 Å². The van der Waals surface area contributed by atoms with Crippen LogP contribution in [0.15, 0.2) is 36.4 Å². The van der Waals surface area contributed by atoms with Crippen LogP contribution < -0.4 is 10.6 Å². The van der Waals surface area contributed by atoms with Gasteiger partial charge in [-0.2, -0.15) is 0 Å². The molecule has 0 radical (unpaired) electrons. The summed E-state index contributed by atoms with van der Waals surface area (Å²) in [6.07, 6.45) is 0. The third-order valence-corrected chi connectivity index (χ3v) is 3.19. The molecule has 0 aliphatic carbocycles. The van der Waals surface area contributed by atoms with Gasteiger partial charge in [-0.25, -0.2) is 0 Å². The molecule has 1 aliphatic rings. The van der Waals surface area contributed by atoms with Crippen LogP contribution in [0.4, 0.5) is 22.7 Å². The Morgan fingerprint density at radius 3 is 2.19 bits per heavy atom. The van der Waals surface area contributed by atoms with E-state index in [1.54, 1.807) is 0 Å². The molecule has 0 saturated heterocycles. The smallest absolute Gasteiger partial charge is 0.0656 e. The van der Waals surface area contributed by atoms with Gasteiger partial charge in [-0.1, -0.05) is 18.2 Å². The maximum Gasteiger partial charge on any atom is 0.0656 e. The van der Waals surface area contributed by atoms with E-state index >= 15 is 0 Å². The topological polar surface area (TPSA) is 24.1 Å². The van der Waals surface area contributed by atoms with Crippen LogP contribution in [0.1, 0.15) is 11.1 Å². The molecule has 0 atom stereocenters. The molecule has 2 nitrogen and oxygen atoms in total. The number of rotatable bonds is 0. The van der Waals surface area contributed by atoms with Gasteiger partial charge in [-0.15, -0.1) is 0 Å². The summed E-state index contributed by atoms with van der Waals surface area (Å²) in [6, 6.07) is 12.5. The molecule has 0 amide bonds. The minimum atomic E-state index is 1.14. The summed E-state index contributed by atoms with van der Waals surface area (Å²) >= 11 is 0. The van der Waals surface area contributed by atoms with Gasteiger partial charge in [0.2, 0.25) is 0 Å². The summed E-state index contributed by atoms with van der Waals surface area (Å²) in [5.41, 5.74) is 7.24. The predicted molar refractivity (Wildman–Crippen MR) is 68.9 cm³/mol. The van der Waals surface area contributed by atoms with Crippen LogP contribution in [-0.2, 0) is 0 Å². The lowest BCUT2D eigenvalue weighted by Crippen LogP contribution is -2.07. The minimum absolute atomic E-state index is 1.14. The van der Waals surface area contributed by atoms with Crippen molar-refractivity contribution in [3.63, 3.8) is 0 Å². The number of fused-ring (bicyclic) bond motifs is 2. The lowest BCUT2D eigenvalue weighted by molar-refractivity contribution is 1.31. The molecular formula is C14H14N2. The van der Waals surface area contributed by atoms with Gasteiger partial charge in [0, 0.05) is 0 Å². The zero-order valence-corrected chi connectivity index (χ0v) is 9.46. The van der Waals surface area contributed by atoms with Crippen molar-refractivity contribution in [2.75, 3.05) is 10.6 Å². The third kappa shape index (κ3) is 1.27. The minimum Gasteiger partial charge on any atom is -0.352 e. The Morgan fingerprint density at radius 1 is 0.750 bits per heavy atom. The maximum absolute atomic E-state index is 3.49. The highest BCUT2D eigenvalue weighted by atomic mass is 15.0. The van der Waals surface area contributed by atoms with Crippen LogP contribution in [0.2, 0.25) is 0 Å². The molecule has 0 fully saturated rings. The van der Waals surface area contributed by atoms with Crippen molar-refractivity contribution in [1.82, 2.24) is 0 Å². The number of nitrogens with one attached hydrogen (secondary N) is 2. The molecule has 0 bridgehead atoms. The molecule has 0 spiro atoms. The first-order valence-corrected chi connectivity index (χ1v) is 5.49. The second-order valence-electron chi connectivity index (χ2n) is 4.23. The number of hydrogen-bond donors (Lipinski definition) is 2. The van der Waals surface area contributed by atoms with Gasteiger partial charge in [-0.3, -0.25) is 0 Å². The van der Waals surface area contributed by atoms with Crippen molar-refractivity contribution in [3.8, 4) is 0 Å². The first-order valence-electron chi connectivity index (χ1n) is 5.49. The van der Waals surface area contributed by atoms with Crippen molar-refractivity contribution < 1.29 is 0 Å². The van der Waals surface area contributed by atoms with Gasteiger partial charge in [0.05, 0.1) is 22.7 Å². The summed E-state index contributed by atoms with van der Waals surface area (Å²) in [5.74, 6) is 0. The molecule has 1 heterocycles. The van der Waals surface area contributed by atoms with Crippen molar-refractivity contribution in [3.05, 3.63) is 47.5 Å². The number of anilines is 4. The zero-order chi connectivity index (χ0) is 11.1. The van der Waals surface area contributed by atoms with Crippen molar-refractivity contribution in [2.45, 2.75) is 13.8 Å². The zero-order valence-electron chi connectivity index (χ0n) is 9.46. The Kier molecular flexibility index (Phi) is 1.90. The molecule has 2 aromatic rings. The molecule has 2 heteroatoms. The highest BCUT2D eigenvalue weighted by molar-refractivity contribution is 5.91. The Bertz CT molecular complexity index is 559. The molecular weight excluding hydrogens is 196 g/mol. The van der Waals surface area contributed by atoms with Crippen LogP contribution in [0.5, 0.6) is 0 Å². The summed E-state index contributed by atoms with van der Waals surface area (Å²) in [7, 11) is 0.